The average Bonchev–Trinajstić information content (AvgIpc) is 3.25. The van der Waals surface area contributed by atoms with Crippen molar-refractivity contribution < 1.29 is 4.79 Å². The summed E-state index contributed by atoms with van der Waals surface area (Å²) in [6, 6.07) is 5.78. The van der Waals surface area contributed by atoms with Gasteiger partial charge in [0, 0.05) is 23.7 Å². The minimum absolute atomic E-state index is 0.0363. The summed E-state index contributed by atoms with van der Waals surface area (Å²) in [7, 11) is 0. The number of thiophene rings is 1. The van der Waals surface area contributed by atoms with E-state index in [1.807, 2.05) is 23.6 Å². The monoisotopic (exact) mass is 315 g/mol. The Balaban J connectivity index is 1.45. The van der Waals surface area contributed by atoms with E-state index in [2.05, 4.69) is 20.6 Å². The average molecular weight is 315 g/mol. The molecule has 3 rings (SSSR count). The standard InChI is InChI=1S/C17H21N3OS/c21-17(18-7-3-10-20-8-1-2-9-20)14-4-5-16(19-12-14)15-6-11-22-13-15/h4-6,11-13H,1-3,7-10H2,(H,18,21). The Morgan fingerprint density at radius 3 is 2.82 bits per heavy atom. The summed E-state index contributed by atoms with van der Waals surface area (Å²) in [5.74, 6) is -0.0363. The second-order valence-electron chi connectivity index (χ2n) is 5.60. The smallest absolute Gasteiger partial charge is 0.252 e. The van der Waals surface area contributed by atoms with Crippen LogP contribution in [0.25, 0.3) is 11.3 Å². The van der Waals surface area contributed by atoms with Gasteiger partial charge in [-0.25, -0.2) is 0 Å². The van der Waals surface area contributed by atoms with E-state index in [1.54, 1.807) is 17.5 Å². The van der Waals surface area contributed by atoms with Crippen LogP contribution in [-0.4, -0.2) is 42.0 Å². The van der Waals surface area contributed by atoms with Crippen LogP contribution in [0.1, 0.15) is 29.6 Å². The van der Waals surface area contributed by atoms with Gasteiger partial charge < -0.3 is 10.2 Å². The van der Waals surface area contributed by atoms with E-state index in [9.17, 15) is 4.79 Å². The molecule has 5 heteroatoms. The molecule has 1 aliphatic rings. The molecule has 4 nitrogen and oxygen atoms in total. The normalized spacial score (nSPS) is 15.1. The molecule has 0 radical (unpaired) electrons. The number of nitrogens with zero attached hydrogens (tertiary/aromatic N) is 2. The number of likely N-dealkylation sites (tertiary alicyclic amines) is 1. The highest BCUT2D eigenvalue weighted by atomic mass is 32.1. The molecule has 0 saturated carbocycles. The fourth-order valence-electron chi connectivity index (χ4n) is 2.72. The zero-order valence-corrected chi connectivity index (χ0v) is 13.4. The predicted molar refractivity (Wildman–Crippen MR) is 90.2 cm³/mol. The molecule has 0 unspecified atom stereocenters. The summed E-state index contributed by atoms with van der Waals surface area (Å²) in [4.78, 5) is 18.9. The fourth-order valence-corrected chi connectivity index (χ4v) is 3.37. The van der Waals surface area contributed by atoms with Crippen molar-refractivity contribution in [1.82, 2.24) is 15.2 Å². The zero-order chi connectivity index (χ0) is 15.2. The van der Waals surface area contributed by atoms with Crippen LogP contribution in [0.2, 0.25) is 0 Å². The Labute approximate surface area is 135 Å². The summed E-state index contributed by atoms with van der Waals surface area (Å²) in [6.07, 6.45) is 5.29. The minimum atomic E-state index is -0.0363. The number of hydrogen-bond donors (Lipinski definition) is 1. The summed E-state index contributed by atoms with van der Waals surface area (Å²) in [6.45, 7) is 4.22. The molecule has 0 atom stereocenters. The first kappa shape index (κ1) is 15.2. The molecule has 0 bridgehead atoms. The van der Waals surface area contributed by atoms with Crippen molar-refractivity contribution in [1.29, 1.82) is 0 Å². The summed E-state index contributed by atoms with van der Waals surface area (Å²) in [5.41, 5.74) is 2.63. The van der Waals surface area contributed by atoms with Gasteiger partial charge in [-0.05, 0) is 62.5 Å². The maximum absolute atomic E-state index is 12.1. The molecule has 22 heavy (non-hydrogen) atoms. The van der Waals surface area contributed by atoms with Crippen LogP contribution >= 0.6 is 11.3 Å². The lowest BCUT2D eigenvalue weighted by molar-refractivity contribution is 0.0951. The highest BCUT2D eigenvalue weighted by molar-refractivity contribution is 7.08. The molecule has 0 aromatic carbocycles. The molecule has 1 aliphatic heterocycles. The molecule has 1 N–H and O–H groups in total. The SMILES string of the molecule is O=C(NCCCN1CCCC1)c1ccc(-c2ccsc2)nc1. The van der Waals surface area contributed by atoms with E-state index >= 15 is 0 Å². The second kappa shape index (κ2) is 7.51. The van der Waals surface area contributed by atoms with E-state index in [1.165, 1.54) is 25.9 Å². The lowest BCUT2D eigenvalue weighted by atomic mass is 10.2. The number of pyridine rings is 1. The summed E-state index contributed by atoms with van der Waals surface area (Å²) in [5, 5.41) is 7.06. The quantitative estimate of drug-likeness (QED) is 0.834. The van der Waals surface area contributed by atoms with E-state index in [0.717, 1.165) is 30.8 Å². The van der Waals surface area contributed by atoms with Gasteiger partial charge in [0.05, 0.1) is 11.3 Å². The Morgan fingerprint density at radius 2 is 2.14 bits per heavy atom. The lowest BCUT2D eigenvalue weighted by Gasteiger charge is -2.14. The molecule has 0 spiro atoms. The molecule has 3 heterocycles. The number of hydrogen-bond acceptors (Lipinski definition) is 4. The van der Waals surface area contributed by atoms with Crippen LogP contribution in [0, 0.1) is 0 Å². The largest absolute Gasteiger partial charge is 0.352 e. The first-order chi connectivity index (χ1) is 10.8. The third-order valence-corrected chi connectivity index (χ3v) is 4.66. The third kappa shape index (κ3) is 3.93. The van der Waals surface area contributed by atoms with Gasteiger partial charge in [0.1, 0.15) is 0 Å². The maximum Gasteiger partial charge on any atom is 0.252 e. The number of carbonyl (C=O) groups is 1. The van der Waals surface area contributed by atoms with Crippen LogP contribution in [0.15, 0.2) is 35.2 Å². The van der Waals surface area contributed by atoms with Crippen LogP contribution in [0.4, 0.5) is 0 Å². The lowest BCUT2D eigenvalue weighted by Crippen LogP contribution is -2.28. The van der Waals surface area contributed by atoms with Crippen molar-refractivity contribution in [2.24, 2.45) is 0 Å². The van der Waals surface area contributed by atoms with Gasteiger partial charge in [-0.3, -0.25) is 9.78 Å². The molecule has 1 fully saturated rings. The van der Waals surface area contributed by atoms with Gasteiger partial charge in [0.25, 0.3) is 5.91 Å². The molecule has 0 aliphatic carbocycles. The van der Waals surface area contributed by atoms with Crippen molar-refractivity contribution in [3.05, 3.63) is 40.7 Å². The van der Waals surface area contributed by atoms with E-state index in [-0.39, 0.29) is 5.91 Å². The van der Waals surface area contributed by atoms with Gasteiger partial charge in [-0.2, -0.15) is 11.3 Å². The number of rotatable bonds is 6. The maximum atomic E-state index is 12.1. The third-order valence-electron chi connectivity index (χ3n) is 3.98. The highest BCUT2D eigenvalue weighted by Gasteiger charge is 2.11. The van der Waals surface area contributed by atoms with Gasteiger partial charge in [0.2, 0.25) is 0 Å². The molecule has 2 aromatic heterocycles. The second-order valence-corrected chi connectivity index (χ2v) is 6.38. The topological polar surface area (TPSA) is 45.2 Å². The van der Waals surface area contributed by atoms with Crippen molar-refractivity contribution in [3.63, 3.8) is 0 Å². The summed E-state index contributed by atoms with van der Waals surface area (Å²) >= 11 is 1.65. The molecule has 1 saturated heterocycles. The number of amides is 1. The van der Waals surface area contributed by atoms with Crippen molar-refractivity contribution >= 4 is 17.2 Å². The number of nitrogens with one attached hydrogen (secondary N) is 1. The van der Waals surface area contributed by atoms with Crippen LogP contribution in [0.3, 0.4) is 0 Å². The Hall–Kier alpha value is -1.72. The van der Waals surface area contributed by atoms with E-state index in [4.69, 9.17) is 0 Å². The van der Waals surface area contributed by atoms with Crippen molar-refractivity contribution in [3.8, 4) is 11.3 Å². The van der Waals surface area contributed by atoms with Gasteiger partial charge in [-0.15, -0.1) is 0 Å². The van der Waals surface area contributed by atoms with Crippen LogP contribution < -0.4 is 5.32 Å². The number of carbonyl (C=O) groups excluding carboxylic acids is 1. The van der Waals surface area contributed by atoms with Crippen molar-refractivity contribution in [2.75, 3.05) is 26.2 Å². The molecular weight excluding hydrogens is 294 g/mol. The first-order valence-corrected chi connectivity index (χ1v) is 8.76. The highest BCUT2D eigenvalue weighted by Crippen LogP contribution is 2.19. The van der Waals surface area contributed by atoms with Gasteiger partial charge >= 0.3 is 0 Å². The van der Waals surface area contributed by atoms with Crippen LogP contribution in [-0.2, 0) is 0 Å². The fraction of sp³-hybridized carbons (Fsp3) is 0.412. The number of aromatic nitrogens is 1. The first-order valence-electron chi connectivity index (χ1n) is 7.82. The zero-order valence-electron chi connectivity index (χ0n) is 12.6. The predicted octanol–water partition coefficient (Wildman–Crippen LogP) is 3.03. The van der Waals surface area contributed by atoms with Crippen LogP contribution in [0.5, 0.6) is 0 Å². The van der Waals surface area contributed by atoms with Crippen molar-refractivity contribution in [2.45, 2.75) is 19.3 Å². The Kier molecular flexibility index (Phi) is 5.19. The molecule has 1 amide bonds. The van der Waals surface area contributed by atoms with E-state index < -0.39 is 0 Å². The summed E-state index contributed by atoms with van der Waals surface area (Å²) < 4.78 is 0. The molecule has 116 valence electrons. The van der Waals surface area contributed by atoms with Gasteiger partial charge in [0.15, 0.2) is 0 Å². The Bertz CT molecular complexity index is 589. The van der Waals surface area contributed by atoms with E-state index in [0.29, 0.717) is 5.56 Å². The van der Waals surface area contributed by atoms with Gasteiger partial charge in [-0.1, -0.05) is 0 Å². The Morgan fingerprint density at radius 1 is 1.27 bits per heavy atom. The molecular formula is C17H21N3OS. The minimum Gasteiger partial charge on any atom is -0.352 e. The molecule has 2 aromatic rings.